The Hall–Kier alpha value is -0.340. The third-order valence-electron chi connectivity index (χ3n) is 3.34. The van der Waals surface area contributed by atoms with E-state index in [1.54, 1.807) is 0 Å². The Bertz CT molecular complexity index is 216. The molecule has 2 rings (SSSR count). The number of ether oxygens (including phenoxy) is 2. The molecule has 2 fully saturated rings. The van der Waals surface area contributed by atoms with E-state index in [9.17, 15) is 0 Å². The quantitative estimate of drug-likeness (QED) is 0.482. The minimum Gasteiger partial charge on any atom is -0.377 e. The van der Waals surface area contributed by atoms with Crippen LogP contribution in [0, 0.1) is 5.41 Å². The van der Waals surface area contributed by atoms with Gasteiger partial charge in [0.15, 0.2) is 0 Å². The van der Waals surface area contributed by atoms with E-state index in [0.717, 1.165) is 26.1 Å². The van der Waals surface area contributed by atoms with Crippen molar-refractivity contribution in [2.45, 2.75) is 38.4 Å². The fraction of sp³-hybridized carbons (Fsp3) is 0.818. The first-order valence-electron chi connectivity index (χ1n) is 4.97. The number of rotatable bonds is 2. The van der Waals surface area contributed by atoms with Crippen molar-refractivity contribution in [1.29, 1.82) is 0 Å². The third-order valence-corrected chi connectivity index (χ3v) is 3.34. The molecule has 2 heterocycles. The molecule has 2 nitrogen and oxygen atoms in total. The normalized spacial score (nSPS) is 39.1. The van der Waals surface area contributed by atoms with E-state index in [1.807, 2.05) is 6.08 Å². The highest BCUT2D eigenvalue weighted by Gasteiger charge is 2.50. The van der Waals surface area contributed by atoms with Gasteiger partial charge >= 0.3 is 0 Å². The van der Waals surface area contributed by atoms with E-state index in [0.29, 0.717) is 0 Å². The van der Waals surface area contributed by atoms with Crippen molar-refractivity contribution in [3.63, 3.8) is 0 Å². The molecule has 0 amide bonds. The van der Waals surface area contributed by atoms with E-state index >= 15 is 0 Å². The Morgan fingerprint density at radius 2 is 2.23 bits per heavy atom. The van der Waals surface area contributed by atoms with Crippen molar-refractivity contribution in [2.75, 3.05) is 13.2 Å². The van der Waals surface area contributed by atoms with Gasteiger partial charge < -0.3 is 9.47 Å². The first kappa shape index (κ1) is 9.22. The van der Waals surface area contributed by atoms with Gasteiger partial charge in [-0.2, -0.15) is 0 Å². The Kier molecular flexibility index (Phi) is 2.00. The summed E-state index contributed by atoms with van der Waals surface area (Å²) in [5, 5.41) is 0. The lowest BCUT2D eigenvalue weighted by molar-refractivity contribution is -0.0641. The molecule has 2 aliphatic heterocycles. The summed E-state index contributed by atoms with van der Waals surface area (Å²) in [6.07, 6.45) is 4.36. The van der Waals surface area contributed by atoms with Crippen LogP contribution in [-0.4, -0.2) is 24.9 Å². The van der Waals surface area contributed by atoms with Crippen LogP contribution >= 0.6 is 0 Å². The summed E-state index contributed by atoms with van der Waals surface area (Å²) in [5.74, 6) is 0. The molecule has 0 aliphatic carbocycles. The van der Waals surface area contributed by atoms with Crippen LogP contribution < -0.4 is 0 Å². The molecule has 1 spiro atoms. The predicted molar refractivity (Wildman–Crippen MR) is 51.6 cm³/mol. The molecule has 2 unspecified atom stereocenters. The average molecular weight is 182 g/mol. The van der Waals surface area contributed by atoms with Crippen LogP contribution in [0.2, 0.25) is 0 Å². The Morgan fingerprint density at radius 3 is 2.77 bits per heavy atom. The Balaban J connectivity index is 2.03. The van der Waals surface area contributed by atoms with E-state index in [4.69, 9.17) is 9.47 Å². The second kappa shape index (κ2) is 2.82. The highest BCUT2D eigenvalue weighted by molar-refractivity contribution is 5.03. The van der Waals surface area contributed by atoms with Gasteiger partial charge in [0, 0.05) is 24.9 Å². The van der Waals surface area contributed by atoms with Gasteiger partial charge in [0.25, 0.3) is 0 Å². The summed E-state index contributed by atoms with van der Waals surface area (Å²) in [5.41, 5.74) is 0.253. The summed E-state index contributed by atoms with van der Waals surface area (Å²) in [6.45, 7) is 9.97. The van der Waals surface area contributed by atoms with Crippen LogP contribution in [0.1, 0.15) is 26.7 Å². The predicted octanol–water partition coefficient (Wildman–Crippen LogP) is 2.15. The molecule has 2 saturated heterocycles. The van der Waals surface area contributed by atoms with Crippen molar-refractivity contribution < 1.29 is 9.47 Å². The lowest BCUT2D eigenvalue weighted by Crippen LogP contribution is -2.40. The molecule has 0 bridgehead atoms. The van der Waals surface area contributed by atoms with Crippen molar-refractivity contribution in [1.82, 2.24) is 0 Å². The number of hydrogen-bond acceptors (Lipinski definition) is 2. The highest BCUT2D eigenvalue weighted by atomic mass is 16.6. The summed E-state index contributed by atoms with van der Waals surface area (Å²) in [4.78, 5) is 0. The average Bonchev–Trinajstić information content (AvgIpc) is 2.85. The first-order valence-corrected chi connectivity index (χ1v) is 4.97. The van der Waals surface area contributed by atoms with E-state index in [-0.39, 0.29) is 17.1 Å². The van der Waals surface area contributed by atoms with Crippen LogP contribution in [0.15, 0.2) is 12.7 Å². The lowest BCUT2D eigenvalue weighted by Gasteiger charge is -2.36. The molecule has 2 aliphatic rings. The molecule has 0 aromatic heterocycles. The van der Waals surface area contributed by atoms with Crippen LogP contribution in [-0.2, 0) is 9.47 Å². The van der Waals surface area contributed by atoms with Gasteiger partial charge in [-0.1, -0.05) is 19.9 Å². The van der Waals surface area contributed by atoms with Crippen molar-refractivity contribution >= 4 is 0 Å². The minimum atomic E-state index is 0.0688. The lowest BCUT2D eigenvalue weighted by atomic mass is 9.79. The Morgan fingerprint density at radius 1 is 1.54 bits per heavy atom. The summed E-state index contributed by atoms with van der Waals surface area (Å²) in [6, 6.07) is 0. The molecule has 0 aromatic carbocycles. The zero-order chi connectivity index (χ0) is 9.53. The third kappa shape index (κ3) is 1.65. The standard InChI is InChI=1S/C11H18O2/c1-4-10(2,3)9-7-11(8-13-11)5-6-12-9/h4,9H,1,5-8H2,2-3H3. The molecule has 13 heavy (non-hydrogen) atoms. The number of hydrogen-bond donors (Lipinski definition) is 0. The minimum absolute atomic E-state index is 0.0688. The molecule has 2 heteroatoms. The maximum Gasteiger partial charge on any atom is 0.0963 e. The smallest absolute Gasteiger partial charge is 0.0963 e. The molecule has 0 saturated carbocycles. The summed E-state index contributed by atoms with van der Waals surface area (Å²) in [7, 11) is 0. The molecule has 0 radical (unpaired) electrons. The van der Waals surface area contributed by atoms with Gasteiger partial charge in [-0.05, 0) is 0 Å². The van der Waals surface area contributed by atoms with Crippen molar-refractivity contribution in [2.24, 2.45) is 5.41 Å². The molecule has 0 aromatic rings. The van der Waals surface area contributed by atoms with Crippen LogP contribution in [0.25, 0.3) is 0 Å². The molecular weight excluding hydrogens is 164 g/mol. The van der Waals surface area contributed by atoms with Gasteiger partial charge in [-0.15, -0.1) is 6.58 Å². The summed E-state index contributed by atoms with van der Waals surface area (Å²) >= 11 is 0. The van der Waals surface area contributed by atoms with E-state index < -0.39 is 0 Å². The largest absolute Gasteiger partial charge is 0.377 e. The van der Waals surface area contributed by atoms with Crippen LogP contribution in [0.5, 0.6) is 0 Å². The first-order chi connectivity index (χ1) is 6.08. The molecule has 2 atom stereocenters. The summed E-state index contributed by atoms with van der Waals surface area (Å²) < 4.78 is 11.3. The van der Waals surface area contributed by atoms with Crippen LogP contribution in [0.3, 0.4) is 0 Å². The zero-order valence-electron chi connectivity index (χ0n) is 8.51. The van der Waals surface area contributed by atoms with Crippen LogP contribution in [0.4, 0.5) is 0 Å². The maximum absolute atomic E-state index is 5.76. The topological polar surface area (TPSA) is 21.8 Å². The number of epoxide rings is 1. The van der Waals surface area contributed by atoms with Gasteiger partial charge in [0.05, 0.1) is 18.3 Å². The molecule has 74 valence electrons. The van der Waals surface area contributed by atoms with Gasteiger partial charge in [0.1, 0.15) is 0 Å². The fourth-order valence-corrected chi connectivity index (χ4v) is 1.86. The fourth-order valence-electron chi connectivity index (χ4n) is 1.86. The monoisotopic (exact) mass is 182 g/mol. The Labute approximate surface area is 79.9 Å². The highest BCUT2D eigenvalue weighted by Crippen LogP contribution is 2.44. The van der Waals surface area contributed by atoms with E-state index in [1.165, 1.54) is 0 Å². The van der Waals surface area contributed by atoms with Gasteiger partial charge in [-0.25, -0.2) is 0 Å². The maximum atomic E-state index is 5.76. The van der Waals surface area contributed by atoms with Crippen molar-refractivity contribution in [3.8, 4) is 0 Å². The van der Waals surface area contributed by atoms with E-state index in [2.05, 4.69) is 20.4 Å². The van der Waals surface area contributed by atoms with Gasteiger partial charge in [-0.3, -0.25) is 0 Å². The van der Waals surface area contributed by atoms with Gasteiger partial charge in [0.2, 0.25) is 0 Å². The molecule has 0 N–H and O–H groups in total. The second-order valence-electron chi connectivity index (χ2n) is 4.81. The molecular formula is C11H18O2. The second-order valence-corrected chi connectivity index (χ2v) is 4.81. The zero-order valence-corrected chi connectivity index (χ0v) is 8.51. The SMILES string of the molecule is C=CC(C)(C)C1CC2(CCO1)CO2. The van der Waals surface area contributed by atoms with Crippen molar-refractivity contribution in [3.05, 3.63) is 12.7 Å².